The largest absolute Gasteiger partial charge is 0.467 e. The van der Waals surface area contributed by atoms with E-state index in [2.05, 4.69) is 37.3 Å². The van der Waals surface area contributed by atoms with Crippen molar-refractivity contribution in [3.05, 3.63) is 41.6 Å². The average molecular weight is 247 g/mol. The molecule has 4 nitrogen and oxygen atoms in total. The highest BCUT2D eigenvalue weighted by Gasteiger charge is 2.10. The normalized spacial score (nSPS) is 12.0. The van der Waals surface area contributed by atoms with Crippen LogP contribution in [0, 0.1) is 6.92 Å². The third-order valence-electron chi connectivity index (χ3n) is 2.77. The molecule has 2 heterocycles. The van der Waals surface area contributed by atoms with Crippen LogP contribution in [-0.4, -0.2) is 15.3 Å². The lowest BCUT2D eigenvalue weighted by Crippen LogP contribution is -2.34. The first kappa shape index (κ1) is 12.9. The maximum absolute atomic E-state index is 5.56. The zero-order chi connectivity index (χ0) is 13.2. The van der Waals surface area contributed by atoms with Crippen LogP contribution in [-0.2, 0) is 13.1 Å². The van der Waals surface area contributed by atoms with Crippen LogP contribution in [0.5, 0.6) is 0 Å². The van der Waals surface area contributed by atoms with Crippen molar-refractivity contribution in [3.8, 4) is 0 Å². The molecule has 2 rings (SSSR count). The smallest absolute Gasteiger partial charge is 0.125 e. The molecule has 2 aromatic rings. The molecule has 0 bridgehead atoms. The van der Waals surface area contributed by atoms with E-state index >= 15 is 0 Å². The summed E-state index contributed by atoms with van der Waals surface area (Å²) in [4.78, 5) is 0. The summed E-state index contributed by atoms with van der Waals surface area (Å²) in [7, 11) is 0. The first-order valence-electron chi connectivity index (χ1n) is 6.24. The van der Waals surface area contributed by atoms with Crippen molar-refractivity contribution in [1.29, 1.82) is 0 Å². The average Bonchev–Trinajstić information content (AvgIpc) is 2.86. The molecule has 0 aromatic carbocycles. The fourth-order valence-corrected chi connectivity index (χ4v) is 1.68. The minimum Gasteiger partial charge on any atom is -0.467 e. The summed E-state index contributed by atoms with van der Waals surface area (Å²) < 4.78 is 7.49. The van der Waals surface area contributed by atoms with Crippen molar-refractivity contribution in [3.63, 3.8) is 0 Å². The minimum absolute atomic E-state index is 0.121. The number of nitrogens with zero attached hydrogens (tertiary/aromatic N) is 2. The van der Waals surface area contributed by atoms with Crippen LogP contribution < -0.4 is 5.32 Å². The Morgan fingerprint density at radius 2 is 2.17 bits per heavy atom. The number of hydrogen-bond acceptors (Lipinski definition) is 3. The van der Waals surface area contributed by atoms with Gasteiger partial charge in [0.15, 0.2) is 0 Å². The van der Waals surface area contributed by atoms with E-state index in [1.807, 2.05) is 23.9 Å². The summed E-state index contributed by atoms with van der Waals surface area (Å²) >= 11 is 0. The molecule has 0 spiro atoms. The van der Waals surface area contributed by atoms with E-state index in [-0.39, 0.29) is 5.54 Å². The van der Waals surface area contributed by atoms with Gasteiger partial charge in [-0.3, -0.25) is 4.68 Å². The third-order valence-corrected chi connectivity index (χ3v) is 2.77. The van der Waals surface area contributed by atoms with Crippen LogP contribution in [0.25, 0.3) is 0 Å². The SMILES string of the molecule is Cc1ccnn1Cc1cc(CNC(C)(C)C)co1. The van der Waals surface area contributed by atoms with E-state index in [4.69, 9.17) is 4.42 Å². The molecule has 0 saturated carbocycles. The van der Waals surface area contributed by atoms with Crippen LogP contribution in [0.4, 0.5) is 0 Å². The summed E-state index contributed by atoms with van der Waals surface area (Å²) in [6.07, 6.45) is 3.62. The quantitative estimate of drug-likeness (QED) is 0.903. The molecule has 2 aromatic heterocycles. The van der Waals surface area contributed by atoms with Crippen LogP contribution in [0.3, 0.4) is 0 Å². The minimum atomic E-state index is 0.121. The van der Waals surface area contributed by atoms with Crippen LogP contribution in [0.15, 0.2) is 29.0 Å². The summed E-state index contributed by atoms with van der Waals surface area (Å²) in [5, 5.41) is 7.69. The Labute approximate surface area is 108 Å². The Morgan fingerprint density at radius 1 is 1.39 bits per heavy atom. The highest BCUT2D eigenvalue weighted by Crippen LogP contribution is 2.11. The molecule has 0 aliphatic rings. The highest BCUT2D eigenvalue weighted by molar-refractivity contribution is 5.14. The van der Waals surface area contributed by atoms with E-state index in [1.54, 1.807) is 6.20 Å². The monoisotopic (exact) mass is 247 g/mol. The number of aromatic nitrogens is 2. The third kappa shape index (κ3) is 3.47. The fourth-order valence-electron chi connectivity index (χ4n) is 1.68. The molecule has 0 atom stereocenters. The number of nitrogens with one attached hydrogen (secondary N) is 1. The molecule has 0 unspecified atom stereocenters. The Kier molecular flexibility index (Phi) is 3.57. The van der Waals surface area contributed by atoms with Gasteiger partial charge in [-0.2, -0.15) is 5.10 Å². The molecule has 0 amide bonds. The lowest BCUT2D eigenvalue weighted by atomic mass is 10.1. The van der Waals surface area contributed by atoms with Crippen molar-refractivity contribution < 1.29 is 4.42 Å². The molecule has 18 heavy (non-hydrogen) atoms. The van der Waals surface area contributed by atoms with Crippen LogP contribution >= 0.6 is 0 Å². The first-order chi connectivity index (χ1) is 8.44. The number of furan rings is 1. The molecule has 0 fully saturated rings. The maximum atomic E-state index is 5.56. The second-order valence-corrected chi connectivity index (χ2v) is 5.66. The van der Waals surface area contributed by atoms with Crippen molar-refractivity contribution in [1.82, 2.24) is 15.1 Å². The van der Waals surface area contributed by atoms with Crippen molar-refractivity contribution in [2.45, 2.75) is 46.3 Å². The topological polar surface area (TPSA) is 43.0 Å². The van der Waals surface area contributed by atoms with Gasteiger partial charge in [0.05, 0.1) is 12.8 Å². The molecule has 1 N–H and O–H groups in total. The molecular weight excluding hydrogens is 226 g/mol. The first-order valence-corrected chi connectivity index (χ1v) is 6.24. The van der Waals surface area contributed by atoms with E-state index < -0.39 is 0 Å². The summed E-state index contributed by atoms with van der Waals surface area (Å²) in [5.41, 5.74) is 2.43. The van der Waals surface area contributed by atoms with Gasteiger partial charge in [0, 0.05) is 29.5 Å². The molecule has 4 heteroatoms. The van der Waals surface area contributed by atoms with Gasteiger partial charge in [0.1, 0.15) is 5.76 Å². The van der Waals surface area contributed by atoms with Gasteiger partial charge < -0.3 is 9.73 Å². The number of hydrogen-bond donors (Lipinski definition) is 1. The summed E-state index contributed by atoms with van der Waals surface area (Å²) in [6, 6.07) is 4.07. The molecule has 0 aliphatic carbocycles. The zero-order valence-corrected chi connectivity index (χ0v) is 11.5. The van der Waals surface area contributed by atoms with E-state index in [9.17, 15) is 0 Å². The van der Waals surface area contributed by atoms with Crippen LogP contribution in [0.2, 0.25) is 0 Å². The summed E-state index contributed by atoms with van der Waals surface area (Å²) in [6.45, 7) is 10.0. The van der Waals surface area contributed by atoms with E-state index in [0.29, 0.717) is 6.54 Å². The zero-order valence-electron chi connectivity index (χ0n) is 11.5. The van der Waals surface area contributed by atoms with E-state index in [1.165, 1.54) is 5.56 Å². The lowest BCUT2D eigenvalue weighted by molar-refractivity contribution is 0.422. The van der Waals surface area contributed by atoms with Gasteiger partial charge in [-0.05, 0) is 39.8 Å². The van der Waals surface area contributed by atoms with Crippen LogP contribution in [0.1, 0.15) is 37.8 Å². The van der Waals surface area contributed by atoms with Crippen molar-refractivity contribution in [2.75, 3.05) is 0 Å². The Balaban J connectivity index is 1.96. The predicted molar refractivity (Wildman–Crippen MR) is 71.4 cm³/mol. The Morgan fingerprint density at radius 3 is 2.78 bits per heavy atom. The van der Waals surface area contributed by atoms with Gasteiger partial charge in [0.2, 0.25) is 0 Å². The van der Waals surface area contributed by atoms with Gasteiger partial charge in [-0.1, -0.05) is 0 Å². The van der Waals surface area contributed by atoms with Gasteiger partial charge in [0.25, 0.3) is 0 Å². The van der Waals surface area contributed by atoms with Crippen molar-refractivity contribution >= 4 is 0 Å². The lowest BCUT2D eigenvalue weighted by Gasteiger charge is -2.19. The van der Waals surface area contributed by atoms with Gasteiger partial charge in [-0.25, -0.2) is 0 Å². The van der Waals surface area contributed by atoms with Gasteiger partial charge >= 0.3 is 0 Å². The summed E-state index contributed by atoms with van der Waals surface area (Å²) in [5.74, 6) is 0.938. The Hall–Kier alpha value is -1.55. The van der Waals surface area contributed by atoms with Crippen molar-refractivity contribution in [2.24, 2.45) is 0 Å². The number of aryl methyl sites for hydroxylation is 1. The van der Waals surface area contributed by atoms with E-state index in [0.717, 1.165) is 18.0 Å². The predicted octanol–water partition coefficient (Wildman–Crippen LogP) is 2.72. The molecule has 0 aliphatic heterocycles. The second-order valence-electron chi connectivity index (χ2n) is 5.66. The fraction of sp³-hybridized carbons (Fsp3) is 0.500. The molecular formula is C14H21N3O. The van der Waals surface area contributed by atoms with Gasteiger partial charge in [-0.15, -0.1) is 0 Å². The second kappa shape index (κ2) is 4.98. The standard InChI is InChI=1S/C14H21N3O/c1-11-5-6-16-17(11)9-13-7-12(10-18-13)8-15-14(2,3)4/h5-7,10,15H,8-9H2,1-4H3. The maximum Gasteiger partial charge on any atom is 0.125 e. The molecule has 98 valence electrons. The number of rotatable bonds is 4. The molecule has 0 radical (unpaired) electrons. The Bertz CT molecular complexity index is 505. The highest BCUT2D eigenvalue weighted by atomic mass is 16.3. The molecule has 0 saturated heterocycles.